The molecule has 2 N–H and O–H groups in total. The first-order valence-corrected chi connectivity index (χ1v) is 6.06. The molecule has 17 heavy (non-hydrogen) atoms. The molecule has 0 saturated heterocycles. The summed E-state index contributed by atoms with van der Waals surface area (Å²) in [5.74, 6) is -0.0620. The van der Waals surface area contributed by atoms with Gasteiger partial charge in [0.05, 0.1) is 4.91 Å². The Hall–Kier alpha value is -1.68. The molecule has 0 aliphatic carbocycles. The number of thioether (sulfide) groups is 1. The molecule has 0 unspecified atom stereocenters. The molecule has 0 amide bonds. The van der Waals surface area contributed by atoms with Crippen LogP contribution in [0.15, 0.2) is 46.0 Å². The Kier molecular flexibility index (Phi) is 3.24. The van der Waals surface area contributed by atoms with Crippen LogP contribution in [0.5, 0.6) is 0 Å². The van der Waals surface area contributed by atoms with Crippen molar-refractivity contribution >= 4 is 28.4 Å². The van der Waals surface area contributed by atoms with Gasteiger partial charge in [0.25, 0.3) is 0 Å². The minimum atomic E-state index is -0.125. The van der Waals surface area contributed by atoms with E-state index < -0.39 is 0 Å². The van der Waals surface area contributed by atoms with Crippen LogP contribution < -0.4 is 0 Å². The van der Waals surface area contributed by atoms with Crippen molar-refractivity contribution in [3.63, 3.8) is 0 Å². The second-order valence-corrected chi connectivity index (χ2v) is 4.82. The average molecular weight is 247 g/mol. The molecule has 0 fully saturated rings. The number of carbonyl (C=O) groups is 1. The van der Waals surface area contributed by atoms with Gasteiger partial charge in [-0.25, -0.2) is 0 Å². The average Bonchev–Trinajstić information content (AvgIpc) is 2.68. The maximum atomic E-state index is 11.4. The number of aliphatic hydroxyl groups is 1. The molecule has 2 aromatic rings. The SMILES string of the molecule is CC(=O)/C(Sc1c[nH]c2ccccc12)=C(\C)O. The van der Waals surface area contributed by atoms with Crippen molar-refractivity contribution in [2.24, 2.45) is 0 Å². The van der Waals surface area contributed by atoms with Gasteiger partial charge < -0.3 is 10.1 Å². The highest BCUT2D eigenvalue weighted by Gasteiger charge is 2.13. The van der Waals surface area contributed by atoms with Crippen molar-refractivity contribution in [3.8, 4) is 0 Å². The van der Waals surface area contributed by atoms with E-state index in [2.05, 4.69) is 4.98 Å². The lowest BCUT2D eigenvalue weighted by Gasteiger charge is -2.03. The molecule has 4 heteroatoms. The van der Waals surface area contributed by atoms with Crippen LogP contribution in [0, 0.1) is 0 Å². The Morgan fingerprint density at radius 1 is 1.29 bits per heavy atom. The van der Waals surface area contributed by atoms with E-state index in [-0.39, 0.29) is 11.5 Å². The van der Waals surface area contributed by atoms with E-state index in [1.165, 1.54) is 25.6 Å². The van der Waals surface area contributed by atoms with Crippen LogP contribution in [0.3, 0.4) is 0 Å². The number of fused-ring (bicyclic) bond motifs is 1. The van der Waals surface area contributed by atoms with Gasteiger partial charge in [-0.2, -0.15) is 0 Å². The number of H-pyrrole nitrogens is 1. The molecule has 0 spiro atoms. The number of benzene rings is 1. The van der Waals surface area contributed by atoms with Crippen LogP contribution in [0.4, 0.5) is 0 Å². The molecule has 0 aliphatic heterocycles. The lowest BCUT2D eigenvalue weighted by atomic mass is 10.2. The van der Waals surface area contributed by atoms with Crippen molar-refractivity contribution in [2.45, 2.75) is 18.7 Å². The van der Waals surface area contributed by atoms with Crippen LogP contribution >= 0.6 is 11.8 Å². The molecule has 1 aromatic carbocycles. The highest BCUT2D eigenvalue weighted by atomic mass is 32.2. The summed E-state index contributed by atoms with van der Waals surface area (Å²) in [6.07, 6.45) is 1.85. The molecule has 1 heterocycles. The van der Waals surface area contributed by atoms with Gasteiger partial charge in [-0.05, 0) is 19.9 Å². The number of rotatable bonds is 3. The van der Waals surface area contributed by atoms with E-state index in [0.29, 0.717) is 4.91 Å². The van der Waals surface area contributed by atoms with Crippen LogP contribution in [0.1, 0.15) is 13.8 Å². The third-order valence-corrected chi connectivity index (χ3v) is 3.76. The highest BCUT2D eigenvalue weighted by molar-refractivity contribution is 8.04. The summed E-state index contributed by atoms with van der Waals surface area (Å²) in [5.41, 5.74) is 1.02. The Morgan fingerprint density at radius 3 is 2.65 bits per heavy atom. The third-order valence-electron chi connectivity index (χ3n) is 2.41. The molecular formula is C13H13NO2S. The first-order chi connectivity index (χ1) is 8.09. The topological polar surface area (TPSA) is 53.1 Å². The molecule has 1 aromatic heterocycles. The Morgan fingerprint density at radius 2 is 2.00 bits per heavy atom. The van der Waals surface area contributed by atoms with E-state index in [4.69, 9.17) is 0 Å². The third kappa shape index (κ3) is 2.36. The predicted octanol–water partition coefficient (Wildman–Crippen LogP) is 3.64. The van der Waals surface area contributed by atoms with Crippen LogP contribution in [0.2, 0.25) is 0 Å². The van der Waals surface area contributed by atoms with Crippen LogP contribution in [-0.4, -0.2) is 15.9 Å². The van der Waals surface area contributed by atoms with Crippen molar-refractivity contribution < 1.29 is 9.90 Å². The lowest BCUT2D eigenvalue weighted by molar-refractivity contribution is -0.113. The number of carbonyl (C=O) groups excluding carboxylic acids is 1. The minimum Gasteiger partial charge on any atom is -0.511 e. The van der Waals surface area contributed by atoms with Gasteiger partial charge in [0.2, 0.25) is 0 Å². The number of ketones is 1. The fourth-order valence-corrected chi connectivity index (χ4v) is 2.56. The van der Waals surface area contributed by atoms with Gasteiger partial charge in [-0.1, -0.05) is 30.0 Å². The summed E-state index contributed by atoms with van der Waals surface area (Å²) < 4.78 is 0. The summed E-state index contributed by atoms with van der Waals surface area (Å²) in [7, 11) is 0. The molecule has 0 aliphatic rings. The maximum Gasteiger partial charge on any atom is 0.169 e. The lowest BCUT2D eigenvalue weighted by Crippen LogP contribution is -1.95. The second-order valence-electron chi connectivity index (χ2n) is 3.77. The van der Waals surface area contributed by atoms with Gasteiger partial charge in [-0.3, -0.25) is 4.79 Å². The molecule has 0 saturated carbocycles. The van der Waals surface area contributed by atoms with Crippen molar-refractivity contribution in [3.05, 3.63) is 41.1 Å². The Bertz CT molecular complexity index is 594. The van der Waals surface area contributed by atoms with Gasteiger partial charge in [-0.15, -0.1) is 0 Å². The van der Waals surface area contributed by atoms with E-state index >= 15 is 0 Å². The zero-order chi connectivity index (χ0) is 12.4. The summed E-state index contributed by atoms with van der Waals surface area (Å²) in [4.78, 5) is 15.9. The van der Waals surface area contributed by atoms with E-state index in [0.717, 1.165) is 15.8 Å². The number of aromatic nitrogens is 1. The fourth-order valence-electron chi connectivity index (χ4n) is 1.64. The maximum absolute atomic E-state index is 11.4. The van der Waals surface area contributed by atoms with Gasteiger partial charge in [0, 0.05) is 22.0 Å². The number of hydrogen-bond donors (Lipinski definition) is 2. The van der Waals surface area contributed by atoms with E-state index in [1.807, 2.05) is 30.5 Å². The largest absolute Gasteiger partial charge is 0.511 e. The van der Waals surface area contributed by atoms with Gasteiger partial charge in [0.15, 0.2) is 5.78 Å². The van der Waals surface area contributed by atoms with Crippen molar-refractivity contribution in [2.75, 3.05) is 0 Å². The monoisotopic (exact) mass is 247 g/mol. The fraction of sp³-hybridized carbons (Fsp3) is 0.154. The molecule has 3 nitrogen and oxygen atoms in total. The molecule has 88 valence electrons. The molecular weight excluding hydrogens is 234 g/mol. The summed E-state index contributed by atoms with van der Waals surface area (Å²) in [6, 6.07) is 7.86. The standard InChI is InChI=1S/C13H13NO2S/c1-8(15)13(9(2)16)17-12-7-14-11-6-4-3-5-10(11)12/h3-7,14-15H,1-2H3/b13-8-. The normalized spacial score (nSPS) is 12.6. The number of para-hydroxylation sites is 1. The number of aromatic amines is 1. The minimum absolute atomic E-state index is 0.0628. The Labute approximate surface area is 104 Å². The number of nitrogens with one attached hydrogen (secondary N) is 1. The first kappa shape index (κ1) is 11.8. The summed E-state index contributed by atoms with van der Waals surface area (Å²) in [5, 5.41) is 10.5. The molecule has 2 rings (SSSR count). The highest BCUT2D eigenvalue weighted by Crippen LogP contribution is 2.34. The zero-order valence-electron chi connectivity index (χ0n) is 9.65. The van der Waals surface area contributed by atoms with Crippen LogP contribution in [0.25, 0.3) is 10.9 Å². The van der Waals surface area contributed by atoms with Crippen LogP contribution in [-0.2, 0) is 4.79 Å². The predicted molar refractivity (Wildman–Crippen MR) is 70.2 cm³/mol. The zero-order valence-corrected chi connectivity index (χ0v) is 10.5. The van der Waals surface area contributed by atoms with Gasteiger partial charge >= 0.3 is 0 Å². The second kappa shape index (κ2) is 4.67. The number of hydrogen-bond acceptors (Lipinski definition) is 3. The number of allylic oxidation sites excluding steroid dienone is 2. The molecule has 0 atom stereocenters. The summed E-state index contributed by atoms with van der Waals surface area (Å²) in [6.45, 7) is 2.98. The number of Topliss-reactive ketones (excluding diaryl/α,β-unsaturated/α-hetero) is 1. The summed E-state index contributed by atoms with van der Waals surface area (Å²) >= 11 is 1.29. The van der Waals surface area contributed by atoms with Crippen molar-refractivity contribution in [1.29, 1.82) is 0 Å². The molecule has 0 bridgehead atoms. The van der Waals surface area contributed by atoms with E-state index in [9.17, 15) is 9.90 Å². The Balaban J connectivity index is 2.42. The van der Waals surface area contributed by atoms with Gasteiger partial charge in [0.1, 0.15) is 5.76 Å². The van der Waals surface area contributed by atoms with E-state index in [1.54, 1.807) is 0 Å². The smallest absolute Gasteiger partial charge is 0.169 e. The quantitative estimate of drug-likeness (QED) is 0.494. The molecule has 0 radical (unpaired) electrons. The van der Waals surface area contributed by atoms with Crippen molar-refractivity contribution in [1.82, 2.24) is 4.98 Å². The number of aliphatic hydroxyl groups excluding tert-OH is 1. The first-order valence-electron chi connectivity index (χ1n) is 5.24.